The number of hydrogen-bond donors (Lipinski definition) is 2. The molecule has 1 aliphatic carbocycles. The average molecular weight is 362 g/mol. The fraction of sp³-hybridized carbons (Fsp3) is 0.471. The summed E-state index contributed by atoms with van der Waals surface area (Å²) in [6, 6.07) is 3.49. The van der Waals surface area contributed by atoms with E-state index in [9.17, 15) is 13.2 Å². The molecule has 0 radical (unpaired) electrons. The van der Waals surface area contributed by atoms with Crippen LogP contribution >= 0.6 is 0 Å². The number of nitrogens with zero attached hydrogens (tertiary/aromatic N) is 2. The Balaban J connectivity index is 1.72. The van der Waals surface area contributed by atoms with Crippen LogP contribution in [0.15, 0.2) is 23.2 Å². The van der Waals surface area contributed by atoms with Gasteiger partial charge in [-0.05, 0) is 31.4 Å². The van der Waals surface area contributed by atoms with Crippen molar-refractivity contribution >= 4 is 21.6 Å². The molecule has 8 heteroatoms. The van der Waals surface area contributed by atoms with E-state index in [-0.39, 0.29) is 17.2 Å². The van der Waals surface area contributed by atoms with Gasteiger partial charge in [-0.1, -0.05) is 12.8 Å². The number of nitrogens with one attached hydrogen (secondary N) is 2. The maximum atomic E-state index is 12.3. The first kappa shape index (κ1) is 17.6. The van der Waals surface area contributed by atoms with Gasteiger partial charge in [-0.3, -0.25) is 14.9 Å². The van der Waals surface area contributed by atoms with Crippen molar-refractivity contribution in [2.45, 2.75) is 49.8 Å². The predicted octanol–water partition coefficient (Wildman–Crippen LogP) is 2.36. The highest BCUT2D eigenvalue weighted by molar-refractivity contribution is 7.90. The molecule has 0 aromatic carbocycles. The molecule has 2 heterocycles. The number of aromatic amines is 1. The lowest BCUT2D eigenvalue weighted by Crippen LogP contribution is -2.17. The third-order valence-corrected chi connectivity index (χ3v) is 5.66. The molecule has 3 rings (SSSR count). The molecule has 0 saturated heterocycles. The summed E-state index contributed by atoms with van der Waals surface area (Å²) in [5, 5.41) is 9.87. The summed E-state index contributed by atoms with van der Waals surface area (Å²) in [5.74, 6) is 0.649. The van der Waals surface area contributed by atoms with Gasteiger partial charge in [-0.25, -0.2) is 8.42 Å². The van der Waals surface area contributed by atoms with E-state index < -0.39 is 9.84 Å². The minimum absolute atomic E-state index is 0.0443. The number of carbonyl (C=O) groups is 1. The quantitative estimate of drug-likeness (QED) is 0.849. The second-order valence-electron chi connectivity index (χ2n) is 6.62. The highest BCUT2D eigenvalue weighted by atomic mass is 32.2. The van der Waals surface area contributed by atoms with E-state index in [1.165, 1.54) is 19.0 Å². The first-order valence-corrected chi connectivity index (χ1v) is 10.2. The largest absolute Gasteiger partial charge is 0.309 e. The van der Waals surface area contributed by atoms with Crippen LogP contribution in [0.2, 0.25) is 0 Å². The lowest BCUT2D eigenvalue weighted by Gasteiger charge is -2.08. The molecule has 0 spiro atoms. The SMILES string of the molecule is Cc1cc(CC(=O)Nc2cc(C3CCCC3)[nH]n2)c(S(C)(=O)=O)cn1. The Bertz CT molecular complexity index is 883. The lowest BCUT2D eigenvalue weighted by atomic mass is 10.0. The fourth-order valence-corrected chi connectivity index (χ4v) is 4.13. The minimum Gasteiger partial charge on any atom is -0.309 e. The molecule has 2 aromatic rings. The zero-order valence-electron chi connectivity index (χ0n) is 14.4. The number of hydrogen-bond acceptors (Lipinski definition) is 5. The highest BCUT2D eigenvalue weighted by Gasteiger charge is 2.20. The first-order chi connectivity index (χ1) is 11.8. The number of aryl methyl sites for hydroxylation is 1. The molecule has 134 valence electrons. The van der Waals surface area contributed by atoms with Crippen LogP contribution in [0.3, 0.4) is 0 Å². The zero-order valence-corrected chi connectivity index (χ0v) is 15.2. The van der Waals surface area contributed by atoms with Gasteiger partial charge in [0, 0.05) is 35.8 Å². The van der Waals surface area contributed by atoms with E-state index in [0.717, 1.165) is 24.8 Å². The molecule has 2 aromatic heterocycles. The Labute approximate surface area is 147 Å². The standard InChI is InChI=1S/C17H22N4O3S/c1-11-7-13(15(10-18-11)25(2,23)24)8-17(22)19-16-9-14(20-21-16)12-5-3-4-6-12/h7,9-10,12H,3-6,8H2,1-2H3,(H2,19,20,21,22). The van der Waals surface area contributed by atoms with Gasteiger partial charge in [0.25, 0.3) is 0 Å². The fourth-order valence-electron chi connectivity index (χ4n) is 3.28. The lowest BCUT2D eigenvalue weighted by molar-refractivity contribution is -0.115. The Morgan fingerprint density at radius 1 is 1.32 bits per heavy atom. The normalized spacial score (nSPS) is 15.4. The van der Waals surface area contributed by atoms with Crippen LogP contribution in [-0.4, -0.2) is 35.8 Å². The van der Waals surface area contributed by atoms with E-state index in [1.54, 1.807) is 13.0 Å². The number of sulfone groups is 1. The number of pyridine rings is 1. The molecule has 0 bridgehead atoms. The van der Waals surface area contributed by atoms with Crippen LogP contribution in [0.25, 0.3) is 0 Å². The van der Waals surface area contributed by atoms with Crippen LogP contribution in [0, 0.1) is 6.92 Å². The van der Waals surface area contributed by atoms with Gasteiger partial charge in [0.05, 0.1) is 11.3 Å². The van der Waals surface area contributed by atoms with Crippen molar-refractivity contribution in [3.8, 4) is 0 Å². The topological polar surface area (TPSA) is 105 Å². The smallest absolute Gasteiger partial charge is 0.230 e. The Hall–Kier alpha value is -2.22. The average Bonchev–Trinajstić information content (AvgIpc) is 3.16. The molecule has 1 saturated carbocycles. The van der Waals surface area contributed by atoms with E-state index >= 15 is 0 Å². The number of carbonyl (C=O) groups excluding carboxylic acids is 1. The molecule has 7 nitrogen and oxygen atoms in total. The summed E-state index contributed by atoms with van der Waals surface area (Å²) in [6.07, 6.45) is 7.11. The van der Waals surface area contributed by atoms with E-state index in [4.69, 9.17) is 0 Å². The summed E-state index contributed by atoms with van der Waals surface area (Å²) in [6.45, 7) is 1.76. The molecule has 2 N–H and O–H groups in total. The van der Waals surface area contributed by atoms with E-state index in [1.807, 2.05) is 6.07 Å². The van der Waals surface area contributed by atoms with Crippen LogP contribution in [0.1, 0.15) is 48.6 Å². The molecule has 25 heavy (non-hydrogen) atoms. The van der Waals surface area contributed by atoms with Crippen LogP contribution in [0.5, 0.6) is 0 Å². The Morgan fingerprint density at radius 2 is 2.04 bits per heavy atom. The molecule has 1 fully saturated rings. The van der Waals surface area contributed by atoms with Crippen molar-refractivity contribution in [3.63, 3.8) is 0 Å². The monoisotopic (exact) mass is 362 g/mol. The molecule has 0 atom stereocenters. The van der Waals surface area contributed by atoms with Gasteiger partial charge >= 0.3 is 0 Å². The number of amides is 1. The van der Waals surface area contributed by atoms with Gasteiger partial charge in [0.1, 0.15) is 0 Å². The van der Waals surface area contributed by atoms with Crippen molar-refractivity contribution in [3.05, 3.63) is 35.3 Å². The molecule has 1 amide bonds. The molecule has 0 aliphatic heterocycles. The predicted molar refractivity (Wildman–Crippen MR) is 94.2 cm³/mol. The second-order valence-corrected chi connectivity index (χ2v) is 8.60. The van der Waals surface area contributed by atoms with Crippen LogP contribution < -0.4 is 5.32 Å². The van der Waals surface area contributed by atoms with Gasteiger partial charge in [0.2, 0.25) is 5.91 Å². The molecule has 1 aliphatic rings. The van der Waals surface area contributed by atoms with Gasteiger partial charge < -0.3 is 5.32 Å². The number of anilines is 1. The van der Waals surface area contributed by atoms with Crippen molar-refractivity contribution < 1.29 is 13.2 Å². The maximum Gasteiger partial charge on any atom is 0.230 e. The summed E-state index contributed by atoms with van der Waals surface area (Å²) in [5.41, 5.74) is 2.15. The number of H-pyrrole nitrogens is 1. The van der Waals surface area contributed by atoms with Crippen molar-refractivity contribution in [1.82, 2.24) is 15.2 Å². The number of aromatic nitrogens is 3. The van der Waals surface area contributed by atoms with Crippen molar-refractivity contribution in [2.75, 3.05) is 11.6 Å². The summed E-state index contributed by atoms with van der Waals surface area (Å²) < 4.78 is 23.7. The molecule has 0 unspecified atom stereocenters. The third-order valence-electron chi connectivity index (χ3n) is 4.50. The Kier molecular flexibility index (Phi) is 4.89. The van der Waals surface area contributed by atoms with Crippen LogP contribution in [-0.2, 0) is 21.1 Å². The summed E-state index contributed by atoms with van der Waals surface area (Å²) in [7, 11) is -3.44. The van der Waals surface area contributed by atoms with Crippen LogP contribution in [0.4, 0.5) is 5.82 Å². The Morgan fingerprint density at radius 3 is 2.72 bits per heavy atom. The maximum absolute atomic E-state index is 12.3. The molecular weight excluding hydrogens is 340 g/mol. The highest BCUT2D eigenvalue weighted by Crippen LogP contribution is 2.33. The summed E-state index contributed by atoms with van der Waals surface area (Å²) in [4.78, 5) is 16.4. The second kappa shape index (κ2) is 6.95. The first-order valence-electron chi connectivity index (χ1n) is 8.33. The van der Waals surface area contributed by atoms with Crippen molar-refractivity contribution in [2.24, 2.45) is 0 Å². The zero-order chi connectivity index (χ0) is 18.0. The number of rotatable bonds is 5. The van der Waals surface area contributed by atoms with Gasteiger partial charge in [-0.15, -0.1) is 0 Å². The van der Waals surface area contributed by atoms with E-state index in [0.29, 0.717) is 23.0 Å². The van der Waals surface area contributed by atoms with Crippen molar-refractivity contribution in [1.29, 1.82) is 0 Å². The minimum atomic E-state index is -3.44. The van der Waals surface area contributed by atoms with Gasteiger partial charge in [-0.2, -0.15) is 5.10 Å². The van der Waals surface area contributed by atoms with Gasteiger partial charge in [0.15, 0.2) is 15.7 Å². The third kappa shape index (κ3) is 4.25. The summed E-state index contributed by atoms with van der Waals surface area (Å²) >= 11 is 0. The molecular formula is C17H22N4O3S. The van der Waals surface area contributed by atoms with E-state index in [2.05, 4.69) is 20.5 Å².